The smallest absolute Gasteiger partial charge is 0.254 e. The molecule has 1 aromatic heterocycles. The second kappa shape index (κ2) is 10.4. The topological polar surface area (TPSA) is 66.8 Å². The summed E-state index contributed by atoms with van der Waals surface area (Å²) in [7, 11) is 3.65. The average molecular weight is 489 g/mol. The van der Waals surface area contributed by atoms with Crippen LogP contribution in [0.5, 0.6) is 0 Å². The molecule has 5 rings (SSSR count). The number of carbonyl (C=O) groups excluding carboxylic acids is 2. The second-order valence-electron chi connectivity index (χ2n) is 9.88. The lowest BCUT2D eigenvalue weighted by Crippen LogP contribution is -2.49. The summed E-state index contributed by atoms with van der Waals surface area (Å²) in [6.45, 7) is 5.68. The molecule has 1 fully saturated rings. The van der Waals surface area contributed by atoms with Gasteiger partial charge < -0.3 is 19.5 Å². The molecule has 2 aromatic carbocycles. The highest BCUT2D eigenvalue weighted by molar-refractivity contribution is 6.02. The Bertz CT molecular complexity index is 1250. The minimum atomic E-state index is -0.516. The van der Waals surface area contributed by atoms with E-state index in [1.165, 1.54) is 6.42 Å². The number of likely N-dealkylation sites (tertiary alicyclic amines) is 1. The van der Waals surface area contributed by atoms with Crippen LogP contribution in [0.3, 0.4) is 0 Å². The first-order valence-corrected chi connectivity index (χ1v) is 13.0. The van der Waals surface area contributed by atoms with Crippen molar-refractivity contribution in [3.05, 3.63) is 71.4 Å². The molecular formula is C29H36N4O3. The second-order valence-corrected chi connectivity index (χ2v) is 9.88. The number of ether oxygens (including phenoxy) is 1. The van der Waals surface area contributed by atoms with Gasteiger partial charge in [0.25, 0.3) is 5.91 Å². The van der Waals surface area contributed by atoms with E-state index in [9.17, 15) is 9.59 Å². The number of hydrogen-bond donors (Lipinski definition) is 1. The van der Waals surface area contributed by atoms with Gasteiger partial charge in [-0.2, -0.15) is 0 Å². The van der Waals surface area contributed by atoms with Crippen LogP contribution in [0.4, 0.5) is 0 Å². The highest BCUT2D eigenvalue weighted by atomic mass is 16.5. The Balaban J connectivity index is 1.59. The number of rotatable bonds is 8. The summed E-state index contributed by atoms with van der Waals surface area (Å²) in [4.78, 5) is 32.1. The first-order chi connectivity index (χ1) is 17.5. The van der Waals surface area contributed by atoms with Crippen LogP contribution in [0.1, 0.15) is 53.2 Å². The van der Waals surface area contributed by atoms with E-state index < -0.39 is 12.0 Å². The molecule has 0 spiro atoms. The minimum absolute atomic E-state index is 0.0294. The van der Waals surface area contributed by atoms with E-state index in [4.69, 9.17) is 4.74 Å². The monoisotopic (exact) mass is 488 g/mol. The number of nitrogens with zero attached hydrogens (tertiary/aromatic N) is 3. The summed E-state index contributed by atoms with van der Waals surface area (Å²) in [5.41, 5.74) is 3.46. The molecule has 0 aliphatic carbocycles. The number of aromatic nitrogens is 1. The summed E-state index contributed by atoms with van der Waals surface area (Å²) in [6.07, 6.45) is 4.34. The van der Waals surface area contributed by atoms with Crippen molar-refractivity contribution in [2.75, 3.05) is 39.9 Å². The molecule has 2 amide bonds. The van der Waals surface area contributed by atoms with Gasteiger partial charge in [0, 0.05) is 61.5 Å². The molecular weight excluding hydrogens is 452 g/mol. The van der Waals surface area contributed by atoms with Gasteiger partial charge in [-0.1, -0.05) is 43.3 Å². The van der Waals surface area contributed by atoms with Crippen LogP contribution in [0, 0.1) is 0 Å². The molecule has 2 aliphatic heterocycles. The number of likely N-dealkylation sites (N-methyl/N-ethyl adjacent to an activating group) is 1. The van der Waals surface area contributed by atoms with Crippen molar-refractivity contribution in [3.8, 4) is 0 Å². The Morgan fingerprint density at radius 2 is 1.89 bits per heavy atom. The molecule has 3 atom stereocenters. The molecule has 1 N–H and O–H groups in total. The van der Waals surface area contributed by atoms with Crippen molar-refractivity contribution in [3.63, 3.8) is 0 Å². The van der Waals surface area contributed by atoms with Crippen molar-refractivity contribution in [2.45, 2.75) is 37.8 Å². The number of nitrogens with one attached hydrogen (secondary N) is 1. The van der Waals surface area contributed by atoms with Crippen LogP contribution in [0.15, 0.2) is 54.7 Å². The predicted molar refractivity (Wildman–Crippen MR) is 141 cm³/mol. The summed E-state index contributed by atoms with van der Waals surface area (Å²) in [5, 5.41) is 4.35. The molecule has 36 heavy (non-hydrogen) atoms. The third kappa shape index (κ3) is 4.31. The average Bonchev–Trinajstić information content (AvgIpc) is 3.50. The van der Waals surface area contributed by atoms with Crippen molar-refractivity contribution in [1.29, 1.82) is 0 Å². The highest BCUT2D eigenvalue weighted by Crippen LogP contribution is 2.45. The van der Waals surface area contributed by atoms with Gasteiger partial charge in [0.2, 0.25) is 5.91 Å². The van der Waals surface area contributed by atoms with Gasteiger partial charge >= 0.3 is 0 Å². The lowest BCUT2D eigenvalue weighted by atomic mass is 9.79. The Morgan fingerprint density at radius 1 is 1.11 bits per heavy atom. The first-order valence-electron chi connectivity index (χ1n) is 13.0. The Kier molecular flexibility index (Phi) is 7.12. The number of aryl methyl sites for hydroxylation is 1. The van der Waals surface area contributed by atoms with E-state index in [2.05, 4.69) is 40.0 Å². The van der Waals surface area contributed by atoms with Crippen LogP contribution in [0.2, 0.25) is 0 Å². The van der Waals surface area contributed by atoms with Crippen molar-refractivity contribution < 1.29 is 14.3 Å². The molecule has 3 heterocycles. The fourth-order valence-electron chi connectivity index (χ4n) is 6.14. The van der Waals surface area contributed by atoms with E-state index in [0.717, 1.165) is 41.5 Å². The molecule has 7 nitrogen and oxygen atoms in total. The molecule has 0 radical (unpaired) electrons. The number of methoxy groups -OCH3 is 1. The van der Waals surface area contributed by atoms with Gasteiger partial charge in [0.05, 0.1) is 18.6 Å². The minimum Gasteiger partial charge on any atom is -0.383 e. The number of benzene rings is 2. The van der Waals surface area contributed by atoms with E-state index in [0.29, 0.717) is 31.3 Å². The molecule has 0 saturated carbocycles. The normalized spacial score (nSPS) is 22.2. The third-order valence-corrected chi connectivity index (χ3v) is 7.92. The molecule has 1 saturated heterocycles. The summed E-state index contributed by atoms with van der Waals surface area (Å²) >= 11 is 0. The summed E-state index contributed by atoms with van der Waals surface area (Å²) < 4.78 is 7.47. The van der Waals surface area contributed by atoms with Crippen molar-refractivity contribution in [2.24, 2.45) is 7.05 Å². The molecule has 3 aromatic rings. The van der Waals surface area contributed by atoms with E-state index in [1.54, 1.807) is 7.11 Å². The number of fused-ring (bicyclic) bond motifs is 2. The fourth-order valence-corrected chi connectivity index (χ4v) is 6.14. The van der Waals surface area contributed by atoms with Gasteiger partial charge in [-0.25, -0.2) is 0 Å². The van der Waals surface area contributed by atoms with Gasteiger partial charge in [-0.15, -0.1) is 0 Å². The van der Waals surface area contributed by atoms with Crippen LogP contribution in [-0.2, 0) is 16.6 Å². The molecule has 190 valence electrons. The lowest BCUT2D eigenvalue weighted by molar-refractivity contribution is -0.124. The molecule has 2 aliphatic rings. The zero-order valence-corrected chi connectivity index (χ0v) is 21.4. The van der Waals surface area contributed by atoms with Gasteiger partial charge in [-0.05, 0) is 43.6 Å². The van der Waals surface area contributed by atoms with Crippen LogP contribution in [0.25, 0.3) is 10.9 Å². The summed E-state index contributed by atoms with van der Waals surface area (Å²) in [6, 6.07) is 15.7. The maximum Gasteiger partial charge on any atom is 0.254 e. The van der Waals surface area contributed by atoms with Gasteiger partial charge in [-0.3, -0.25) is 14.5 Å². The van der Waals surface area contributed by atoms with E-state index in [-0.39, 0.29) is 11.8 Å². The zero-order valence-electron chi connectivity index (χ0n) is 21.4. The first kappa shape index (κ1) is 24.5. The SMILES string of the molecule is CCN1CCCC1CNC(=O)C1c2ccccc2C(=O)N(CCOC)C1c1cn(C)c2ccccc12. The Morgan fingerprint density at radius 3 is 2.69 bits per heavy atom. The van der Waals surface area contributed by atoms with Crippen LogP contribution >= 0.6 is 0 Å². The molecule has 0 bridgehead atoms. The Labute approximate surface area is 213 Å². The third-order valence-electron chi connectivity index (χ3n) is 7.92. The quantitative estimate of drug-likeness (QED) is 0.525. The van der Waals surface area contributed by atoms with E-state index >= 15 is 0 Å². The predicted octanol–water partition coefficient (Wildman–Crippen LogP) is 3.71. The summed E-state index contributed by atoms with van der Waals surface area (Å²) in [5.74, 6) is -0.603. The van der Waals surface area contributed by atoms with Crippen LogP contribution < -0.4 is 5.32 Å². The standard InChI is InChI=1S/C29H36N4O3/c1-4-32-15-9-10-20(32)18-30-28(34)26-22-12-5-6-13-23(22)29(35)33(16-17-36-3)27(26)24-19-31(2)25-14-8-7-11-21(24)25/h5-8,11-14,19-20,26-27H,4,9-10,15-18H2,1-3H3,(H,30,34). The fraction of sp³-hybridized carbons (Fsp3) is 0.448. The van der Waals surface area contributed by atoms with Crippen LogP contribution in [-0.4, -0.2) is 72.1 Å². The number of para-hydroxylation sites is 1. The molecule has 3 unspecified atom stereocenters. The van der Waals surface area contributed by atoms with Gasteiger partial charge in [0.15, 0.2) is 0 Å². The number of carbonyl (C=O) groups is 2. The number of hydrogen-bond acceptors (Lipinski definition) is 4. The Hall–Kier alpha value is -3.16. The van der Waals surface area contributed by atoms with Crippen molar-refractivity contribution in [1.82, 2.24) is 19.7 Å². The zero-order chi connectivity index (χ0) is 25.2. The van der Waals surface area contributed by atoms with Crippen molar-refractivity contribution >= 4 is 22.7 Å². The van der Waals surface area contributed by atoms with E-state index in [1.807, 2.05) is 48.3 Å². The number of amides is 2. The maximum atomic E-state index is 14.1. The molecule has 7 heteroatoms. The van der Waals surface area contributed by atoms with Gasteiger partial charge in [0.1, 0.15) is 0 Å². The highest BCUT2D eigenvalue weighted by Gasteiger charge is 2.45. The lowest BCUT2D eigenvalue weighted by Gasteiger charge is -2.41. The maximum absolute atomic E-state index is 14.1. The largest absolute Gasteiger partial charge is 0.383 e.